The van der Waals surface area contributed by atoms with Crippen molar-refractivity contribution in [1.82, 2.24) is 10.6 Å². The Balaban J connectivity index is 0.00000299. The second-order valence-electron chi connectivity index (χ2n) is 13.9. The second-order valence-corrected chi connectivity index (χ2v) is 13.9. The molecule has 270 valence electrons. The first-order chi connectivity index (χ1) is 22.8. The molecule has 3 nitrogen and oxygen atoms in total. The summed E-state index contributed by atoms with van der Waals surface area (Å²) in [4.78, 5) is 11.9. The quantitative estimate of drug-likeness (QED) is 0.0722. The normalized spacial score (nSPS) is 10.8. The van der Waals surface area contributed by atoms with Gasteiger partial charge in [0, 0.05) is 13.1 Å². The highest BCUT2D eigenvalue weighted by Crippen LogP contribution is 2.15. The van der Waals surface area contributed by atoms with Crippen molar-refractivity contribution in [2.75, 3.05) is 13.1 Å². The lowest BCUT2D eigenvalue weighted by Crippen LogP contribution is -2.36. The Labute approximate surface area is 289 Å². The van der Waals surface area contributed by atoms with Crippen molar-refractivity contribution in [3.63, 3.8) is 0 Å². The van der Waals surface area contributed by atoms with E-state index in [0.717, 1.165) is 25.9 Å². The highest BCUT2D eigenvalue weighted by molar-refractivity contribution is 5.73. The lowest BCUT2D eigenvalue weighted by atomic mass is 10.0. The third kappa shape index (κ3) is 40.5. The van der Waals surface area contributed by atoms with E-state index < -0.39 is 0 Å². The van der Waals surface area contributed by atoms with Gasteiger partial charge in [-0.15, -0.1) is 0 Å². The van der Waals surface area contributed by atoms with Crippen LogP contribution in [0, 0.1) is 0 Å². The number of rotatable bonds is 34. The summed E-state index contributed by atoms with van der Waals surface area (Å²) in [5, 5.41) is 6.07. The van der Waals surface area contributed by atoms with Crippen LogP contribution in [0.1, 0.15) is 219 Å². The maximum absolute atomic E-state index is 11.9. The minimum absolute atomic E-state index is 0.0296. The molecule has 0 spiro atoms. The minimum Gasteiger partial charge on any atom is -0.338 e. The molecule has 2 N–H and O–H groups in total. The molecule has 0 unspecified atom stereocenters. The van der Waals surface area contributed by atoms with Gasteiger partial charge in [0.25, 0.3) is 0 Å². The van der Waals surface area contributed by atoms with Crippen LogP contribution < -0.4 is 10.6 Å². The molecule has 0 saturated heterocycles. The van der Waals surface area contributed by atoms with Crippen LogP contribution in [0.25, 0.3) is 0 Å². The number of carbonyl (C=O) groups is 1. The van der Waals surface area contributed by atoms with Crippen molar-refractivity contribution in [2.24, 2.45) is 0 Å². The highest BCUT2D eigenvalue weighted by Gasteiger charge is 2.00. The first-order valence-corrected chi connectivity index (χ1v) is 20.8. The summed E-state index contributed by atoms with van der Waals surface area (Å²) < 4.78 is 0. The van der Waals surface area contributed by atoms with Gasteiger partial charge >= 0.3 is 6.03 Å². The van der Waals surface area contributed by atoms with E-state index in [-0.39, 0.29) is 6.03 Å². The van der Waals surface area contributed by atoms with Gasteiger partial charge in [-0.3, -0.25) is 0 Å². The number of amides is 2. The van der Waals surface area contributed by atoms with Gasteiger partial charge in [-0.05, 0) is 12.8 Å². The fraction of sp³-hybridized carbons (Fsp3) is 0.837. The second kappa shape index (κ2) is 41.5. The molecule has 0 fully saturated rings. The maximum Gasteiger partial charge on any atom is 0.314 e. The van der Waals surface area contributed by atoms with Gasteiger partial charge in [0.1, 0.15) is 0 Å². The lowest BCUT2D eigenvalue weighted by Gasteiger charge is -2.08. The van der Waals surface area contributed by atoms with Crippen molar-refractivity contribution in [2.45, 2.75) is 219 Å². The van der Waals surface area contributed by atoms with Crippen LogP contribution in [0.2, 0.25) is 0 Å². The molecule has 2 amide bonds. The van der Waals surface area contributed by atoms with Gasteiger partial charge in [-0.2, -0.15) is 0 Å². The van der Waals surface area contributed by atoms with Crippen LogP contribution >= 0.6 is 0 Å². The Hall–Kier alpha value is -1.51. The Morgan fingerprint density at radius 2 is 0.478 bits per heavy atom. The van der Waals surface area contributed by atoms with Crippen molar-refractivity contribution in [3.05, 3.63) is 36.4 Å². The zero-order valence-electron chi connectivity index (χ0n) is 31.4. The van der Waals surface area contributed by atoms with E-state index in [2.05, 4.69) is 24.5 Å². The van der Waals surface area contributed by atoms with E-state index in [1.54, 1.807) is 0 Å². The van der Waals surface area contributed by atoms with Crippen LogP contribution in [0.3, 0.4) is 0 Å². The van der Waals surface area contributed by atoms with E-state index in [1.165, 1.54) is 193 Å². The number of unbranched alkanes of at least 4 members (excludes halogenated alkanes) is 30. The molecule has 1 aromatic rings. The van der Waals surface area contributed by atoms with Gasteiger partial charge in [-0.25, -0.2) is 4.79 Å². The summed E-state index contributed by atoms with van der Waals surface area (Å²) in [6.45, 7) is 6.23. The van der Waals surface area contributed by atoms with Crippen LogP contribution in [-0.4, -0.2) is 19.1 Å². The van der Waals surface area contributed by atoms with E-state index >= 15 is 0 Å². The van der Waals surface area contributed by atoms with Crippen molar-refractivity contribution in [1.29, 1.82) is 0 Å². The average molecular weight is 643 g/mol. The number of hydrogen-bond donors (Lipinski definition) is 2. The summed E-state index contributed by atoms with van der Waals surface area (Å²) >= 11 is 0. The van der Waals surface area contributed by atoms with E-state index in [1.807, 2.05) is 36.4 Å². The topological polar surface area (TPSA) is 41.1 Å². The summed E-state index contributed by atoms with van der Waals surface area (Å²) in [5.41, 5.74) is 0. The van der Waals surface area contributed by atoms with E-state index in [4.69, 9.17) is 0 Å². The fourth-order valence-corrected chi connectivity index (χ4v) is 6.20. The molecule has 0 aliphatic carbocycles. The summed E-state index contributed by atoms with van der Waals surface area (Å²) in [6.07, 6.45) is 44.4. The molecule has 0 saturated carbocycles. The number of carbonyl (C=O) groups excluding carboxylic acids is 1. The molecule has 0 radical (unpaired) electrons. The van der Waals surface area contributed by atoms with Crippen LogP contribution in [0.15, 0.2) is 36.4 Å². The summed E-state index contributed by atoms with van der Waals surface area (Å²) in [5.74, 6) is 0. The van der Waals surface area contributed by atoms with Crippen molar-refractivity contribution < 1.29 is 4.79 Å². The molecule has 0 bridgehead atoms. The van der Waals surface area contributed by atoms with Crippen molar-refractivity contribution in [3.8, 4) is 0 Å². The van der Waals surface area contributed by atoms with Crippen LogP contribution in [0.5, 0.6) is 0 Å². The molecular formula is C43H82N2O. The Morgan fingerprint density at radius 3 is 0.674 bits per heavy atom. The van der Waals surface area contributed by atoms with Crippen LogP contribution in [-0.2, 0) is 0 Å². The number of hydrogen-bond acceptors (Lipinski definition) is 1. The lowest BCUT2D eigenvalue weighted by molar-refractivity contribution is 0.240. The zero-order valence-corrected chi connectivity index (χ0v) is 31.4. The summed E-state index contributed by atoms with van der Waals surface area (Å²) in [6, 6.07) is 12.0. The maximum atomic E-state index is 11.9. The molecule has 0 atom stereocenters. The van der Waals surface area contributed by atoms with Crippen LogP contribution in [0.4, 0.5) is 4.79 Å². The number of nitrogens with one attached hydrogen (secondary N) is 2. The third-order valence-electron chi connectivity index (χ3n) is 9.30. The SMILES string of the molecule is CCCCCCCCCCCCCCCCCCNC(=O)NCCCCCCCCCCCCCCCCCC.c1ccccc1. The minimum atomic E-state index is 0.0296. The average Bonchev–Trinajstić information content (AvgIpc) is 3.08. The first kappa shape index (κ1) is 44.5. The Kier molecular flexibility index (Phi) is 40.2. The largest absolute Gasteiger partial charge is 0.338 e. The van der Waals surface area contributed by atoms with Gasteiger partial charge in [-0.1, -0.05) is 243 Å². The van der Waals surface area contributed by atoms with E-state index in [9.17, 15) is 4.79 Å². The molecule has 0 heterocycles. The Bertz CT molecular complexity index is 597. The van der Waals surface area contributed by atoms with Gasteiger partial charge < -0.3 is 10.6 Å². The van der Waals surface area contributed by atoms with Gasteiger partial charge in [0.15, 0.2) is 0 Å². The van der Waals surface area contributed by atoms with Gasteiger partial charge in [0.2, 0.25) is 0 Å². The smallest absolute Gasteiger partial charge is 0.314 e. The first-order valence-electron chi connectivity index (χ1n) is 20.8. The molecule has 0 aliphatic heterocycles. The molecule has 0 aliphatic rings. The highest BCUT2D eigenvalue weighted by atomic mass is 16.2. The molecule has 1 rings (SSSR count). The molecular weight excluding hydrogens is 560 g/mol. The number of benzene rings is 1. The molecule has 3 heteroatoms. The van der Waals surface area contributed by atoms with E-state index in [0.29, 0.717) is 0 Å². The standard InChI is InChI=1S/C37H76N2O.C6H6/c1-3-5-7-9-11-13-15-17-19-21-23-25-27-29-31-33-35-38-37(40)39-36-34-32-30-28-26-24-22-20-18-16-14-12-10-8-6-4-2;1-2-4-6-5-3-1/h3-36H2,1-2H3,(H2,38,39,40);1-6H. The predicted octanol–water partition coefficient (Wildman–Crippen LogP) is 14.5. The molecule has 0 aromatic heterocycles. The Morgan fingerprint density at radius 1 is 0.304 bits per heavy atom. The predicted molar refractivity (Wildman–Crippen MR) is 207 cm³/mol. The van der Waals surface area contributed by atoms with Crippen molar-refractivity contribution >= 4 is 6.03 Å². The molecule has 46 heavy (non-hydrogen) atoms. The molecule has 1 aromatic carbocycles. The third-order valence-corrected chi connectivity index (χ3v) is 9.30. The van der Waals surface area contributed by atoms with Gasteiger partial charge in [0.05, 0.1) is 0 Å². The number of urea groups is 1. The summed E-state index contributed by atoms with van der Waals surface area (Å²) in [7, 11) is 0. The fourth-order valence-electron chi connectivity index (χ4n) is 6.20. The zero-order chi connectivity index (χ0) is 33.3. The monoisotopic (exact) mass is 643 g/mol.